The van der Waals surface area contributed by atoms with Gasteiger partial charge in [0.2, 0.25) is 13.4 Å². The van der Waals surface area contributed by atoms with Crippen molar-refractivity contribution in [3.63, 3.8) is 0 Å². The third-order valence-corrected chi connectivity index (χ3v) is 7.96. The van der Waals surface area contributed by atoms with E-state index < -0.39 is 0 Å². The van der Waals surface area contributed by atoms with Crippen LogP contribution in [0.5, 0.6) is 0 Å². The highest BCUT2D eigenvalue weighted by atomic mass is 32.2. The van der Waals surface area contributed by atoms with Crippen molar-refractivity contribution < 1.29 is 0 Å². The van der Waals surface area contributed by atoms with Crippen LogP contribution in [0.3, 0.4) is 0 Å². The molecule has 2 aliphatic rings. The highest BCUT2D eigenvalue weighted by molar-refractivity contribution is 8.00. The van der Waals surface area contributed by atoms with Gasteiger partial charge in [-0.3, -0.25) is 0 Å². The van der Waals surface area contributed by atoms with Crippen molar-refractivity contribution in [3.05, 3.63) is 95.6 Å². The molecule has 142 valence electrons. The Balaban J connectivity index is 1.71. The summed E-state index contributed by atoms with van der Waals surface area (Å²) in [6, 6.07) is 29.7. The second-order valence-corrected chi connectivity index (χ2v) is 9.79. The topological polar surface area (TPSA) is 0 Å². The Morgan fingerprint density at radius 1 is 0.533 bits per heavy atom. The molecule has 0 spiro atoms. The van der Waals surface area contributed by atoms with E-state index >= 15 is 0 Å². The molecular weight excluding hydrogens is 378 g/mol. The van der Waals surface area contributed by atoms with Gasteiger partial charge >= 0.3 is 0 Å². The molecule has 6 rings (SSSR count). The molecule has 0 saturated carbocycles. The number of aryl methyl sites for hydroxylation is 3. The zero-order chi connectivity index (χ0) is 20.4. The number of hydrogen-bond donors (Lipinski definition) is 0. The van der Waals surface area contributed by atoms with Crippen LogP contribution >= 0.6 is 11.8 Å². The first-order valence-corrected chi connectivity index (χ1v) is 11.5. The van der Waals surface area contributed by atoms with Crippen molar-refractivity contribution in [2.75, 3.05) is 0 Å². The average molecular weight is 400 g/mol. The van der Waals surface area contributed by atoms with Gasteiger partial charge in [-0.15, -0.1) is 0 Å². The summed E-state index contributed by atoms with van der Waals surface area (Å²) in [6.07, 6.45) is 0. The van der Waals surface area contributed by atoms with Gasteiger partial charge in [-0.1, -0.05) is 128 Å². The van der Waals surface area contributed by atoms with E-state index in [1.165, 1.54) is 59.3 Å². The lowest BCUT2D eigenvalue weighted by Crippen LogP contribution is -2.76. The van der Waals surface area contributed by atoms with Gasteiger partial charge < -0.3 is 0 Å². The molecule has 0 atom stereocenters. The lowest BCUT2D eigenvalue weighted by molar-refractivity contribution is 1.35. The van der Waals surface area contributed by atoms with Crippen molar-refractivity contribution in [1.82, 2.24) is 0 Å². The Morgan fingerprint density at radius 2 is 1.07 bits per heavy atom. The minimum Gasteiger partial charge on any atom is -0.0912 e. The summed E-state index contributed by atoms with van der Waals surface area (Å²) in [7, 11) is 0. The van der Waals surface area contributed by atoms with Crippen molar-refractivity contribution >= 4 is 58.0 Å². The molecule has 0 nitrogen and oxygen atoms in total. The van der Waals surface area contributed by atoms with E-state index in [1.807, 2.05) is 11.8 Å². The van der Waals surface area contributed by atoms with Crippen LogP contribution < -0.4 is 32.8 Å². The quantitative estimate of drug-likeness (QED) is 0.382. The summed E-state index contributed by atoms with van der Waals surface area (Å²) in [4.78, 5) is 2.81. The van der Waals surface area contributed by atoms with Crippen molar-refractivity contribution in [2.24, 2.45) is 0 Å². The highest BCUT2D eigenvalue weighted by Gasteiger charge is 2.43. The van der Waals surface area contributed by atoms with Crippen LogP contribution in [0.2, 0.25) is 0 Å². The molecule has 2 aliphatic heterocycles. The van der Waals surface area contributed by atoms with Crippen molar-refractivity contribution in [1.29, 1.82) is 0 Å². The first-order valence-electron chi connectivity index (χ1n) is 10.7. The molecule has 0 aliphatic carbocycles. The van der Waals surface area contributed by atoms with Crippen LogP contribution in [0.4, 0.5) is 0 Å². The molecule has 0 radical (unpaired) electrons. The SMILES string of the molecule is Cc1cc(C)c(B2c3ccccc3B3c4ccccc4Sc4cccc2c43)c(C)c1. The number of fused-ring (bicyclic) bond motifs is 4. The number of benzene rings is 4. The maximum absolute atomic E-state index is 2.37. The highest BCUT2D eigenvalue weighted by Crippen LogP contribution is 2.29. The molecule has 0 amide bonds. The van der Waals surface area contributed by atoms with E-state index in [0.717, 1.165) is 0 Å². The molecule has 0 aromatic heterocycles. The second kappa shape index (κ2) is 6.68. The monoisotopic (exact) mass is 400 g/mol. The molecule has 0 fully saturated rings. The van der Waals surface area contributed by atoms with Gasteiger partial charge in [0.05, 0.1) is 0 Å². The zero-order valence-electron chi connectivity index (χ0n) is 17.6. The smallest absolute Gasteiger partial charge is 0.0912 e. The Hall–Kier alpha value is -2.64. The van der Waals surface area contributed by atoms with Crippen LogP contribution in [-0.4, -0.2) is 13.4 Å². The summed E-state index contributed by atoms with van der Waals surface area (Å²) >= 11 is 1.93. The lowest BCUT2D eigenvalue weighted by Gasteiger charge is -2.37. The Kier molecular flexibility index (Phi) is 4.05. The second-order valence-electron chi connectivity index (χ2n) is 8.71. The van der Waals surface area contributed by atoms with Crippen molar-refractivity contribution in [2.45, 2.75) is 30.6 Å². The van der Waals surface area contributed by atoms with Crippen molar-refractivity contribution in [3.8, 4) is 0 Å². The first kappa shape index (κ1) is 18.2. The summed E-state index contributed by atoms with van der Waals surface area (Å²) in [5.74, 6) is 0. The minimum atomic E-state index is 0.291. The number of rotatable bonds is 1. The van der Waals surface area contributed by atoms with E-state index in [9.17, 15) is 0 Å². The van der Waals surface area contributed by atoms with Gasteiger partial charge in [0.25, 0.3) is 0 Å². The lowest BCUT2D eigenvalue weighted by atomic mass is 9.20. The van der Waals surface area contributed by atoms with E-state index in [0.29, 0.717) is 13.4 Å². The summed E-state index contributed by atoms with van der Waals surface area (Å²) < 4.78 is 0. The molecule has 0 saturated heterocycles. The molecule has 4 aromatic carbocycles. The molecule has 2 heterocycles. The van der Waals surface area contributed by atoms with E-state index in [-0.39, 0.29) is 0 Å². The van der Waals surface area contributed by atoms with Crippen LogP contribution in [0, 0.1) is 20.8 Å². The fraction of sp³-hybridized carbons (Fsp3) is 0.111. The fourth-order valence-corrected chi connectivity index (χ4v) is 6.96. The Labute approximate surface area is 183 Å². The van der Waals surface area contributed by atoms with Gasteiger partial charge in [0, 0.05) is 9.79 Å². The standard InChI is InChI=1S/C27H22B2S/c1-17-15-18(2)26(19(3)16-17)29-21-10-5-4-9-20(21)28-22-11-6-7-13-24(22)30-25-14-8-12-23(29)27(25)28/h4-16H,1-3H3. The third-order valence-electron chi connectivity index (χ3n) is 6.79. The zero-order valence-corrected chi connectivity index (χ0v) is 18.4. The van der Waals surface area contributed by atoms with Crippen LogP contribution in [0.1, 0.15) is 16.7 Å². The van der Waals surface area contributed by atoms with Crippen LogP contribution in [0.25, 0.3) is 0 Å². The largest absolute Gasteiger partial charge is 0.242 e. The van der Waals surface area contributed by atoms with Crippen LogP contribution in [0.15, 0.2) is 88.7 Å². The average Bonchev–Trinajstić information content (AvgIpc) is 2.74. The summed E-state index contributed by atoms with van der Waals surface area (Å²) in [6.45, 7) is 7.38. The van der Waals surface area contributed by atoms with Gasteiger partial charge in [-0.05, 0) is 32.9 Å². The molecule has 30 heavy (non-hydrogen) atoms. The molecular formula is C27H22B2S. The summed E-state index contributed by atoms with van der Waals surface area (Å²) in [5, 5.41) is 0. The number of hydrogen-bond acceptors (Lipinski definition) is 1. The molecule has 4 aromatic rings. The molecule has 0 bridgehead atoms. The maximum Gasteiger partial charge on any atom is 0.242 e. The Bertz CT molecular complexity index is 1300. The Morgan fingerprint density at radius 3 is 1.77 bits per heavy atom. The molecule has 0 N–H and O–H groups in total. The first-order chi connectivity index (χ1) is 14.6. The summed E-state index contributed by atoms with van der Waals surface area (Å²) in [5.41, 5.74) is 13.0. The predicted molar refractivity (Wildman–Crippen MR) is 133 cm³/mol. The minimum absolute atomic E-state index is 0.291. The molecule has 0 unspecified atom stereocenters. The molecule has 3 heteroatoms. The van der Waals surface area contributed by atoms with E-state index in [4.69, 9.17) is 0 Å². The van der Waals surface area contributed by atoms with E-state index in [1.54, 1.807) is 0 Å². The maximum atomic E-state index is 2.37. The van der Waals surface area contributed by atoms with Gasteiger partial charge in [-0.25, -0.2) is 0 Å². The van der Waals surface area contributed by atoms with Crippen LogP contribution in [-0.2, 0) is 0 Å². The fourth-order valence-electron chi connectivity index (χ4n) is 5.78. The third kappa shape index (κ3) is 2.51. The van der Waals surface area contributed by atoms with Gasteiger partial charge in [-0.2, -0.15) is 0 Å². The normalized spacial score (nSPS) is 13.6. The van der Waals surface area contributed by atoms with Gasteiger partial charge in [0.1, 0.15) is 0 Å². The van der Waals surface area contributed by atoms with E-state index in [2.05, 4.69) is 99.6 Å². The van der Waals surface area contributed by atoms with Gasteiger partial charge in [0.15, 0.2) is 0 Å². The predicted octanol–water partition coefficient (Wildman–Crippen LogP) is 2.42.